The molecule has 1 unspecified atom stereocenters. The summed E-state index contributed by atoms with van der Waals surface area (Å²) in [5.74, 6) is -1.10. The topological polar surface area (TPSA) is 92.4 Å². The number of nitrogens with one attached hydrogen (secondary N) is 1. The second-order valence-corrected chi connectivity index (χ2v) is 4.54. The quantitative estimate of drug-likeness (QED) is 0.662. The maximum absolute atomic E-state index is 11.9. The summed E-state index contributed by atoms with van der Waals surface area (Å²) in [5, 5.41) is 11.8. The van der Waals surface area contributed by atoms with E-state index < -0.39 is 12.0 Å². The summed E-state index contributed by atoms with van der Waals surface area (Å²) in [5.41, 5.74) is 7.28. The van der Waals surface area contributed by atoms with E-state index in [1.165, 1.54) is 11.1 Å². The fourth-order valence-corrected chi connectivity index (χ4v) is 2.19. The molecule has 0 saturated carbocycles. The smallest absolute Gasteiger partial charge is 0.248 e. The first kappa shape index (κ1) is 12.6. The highest BCUT2D eigenvalue weighted by Crippen LogP contribution is 2.26. The van der Waals surface area contributed by atoms with Crippen LogP contribution in [0.15, 0.2) is 24.3 Å². The highest BCUT2D eigenvalue weighted by molar-refractivity contribution is 5.82. The molecule has 2 rings (SSSR count). The Bertz CT molecular complexity index is 448. The van der Waals surface area contributed by atoms with Gasteiger partial charge in [0.05, 0.1) is 6.54 Å². The summed E-state index contributed by atoms with van der Waals surface area (Å²) in [4.78, 5) is 22.5. The Kier molecular flexibility index (Phi) is 3.62. The summed E-state index contributed by atoms with van der Waals surface area (Å²) in [7, 11) is 0. The van der Waals surface area contributed by atoms with Crippen molar-refractivity contribution in [2.24, 2.45) is 11.7 Å². The lowest BCUT2D eigenvalue weighted by molar-refractivity contribution is -0.128. The van der Waals surface area contributed by atoms with Crippen molar-refractivity contribution in [1.29, 1.82) is 0 Å². The van der Waals surface area contributed by atoms with Crippen molar-refractivity contribution in [2.75, 3.05) is 6.54 Å². The molecule has 0 heterocycles. The monoisotopic (exact) mass is 248 g/mol. The first-order valence-corrected chi connectivity index (χ1v) is 5.90. The zero-order chi connectivity index (χ0) is 13.1. The number of carbonyl (C=O) groups is 2. The molecule has 96 valence electrons. The fourth-order valence-electron chi connectivity index (χ4n) is 2.19. The van der Waals surface area contributed by atoms with Gasteiger partial charge in [-0.3, -0.25) is 9.59 Å². The number of nitrogens with two attached hydrogens (primary N) is 1. The molecule has 0 fully saturated rings. The van der Waals surface area contributed by atoms with Crippen molar-refractivity contribution in [3.05, 3.63) is 35.4 Å². The van der Waals surface area contributed by atoms with Crippen LogP contribution in [0.5, 0.6) is 0 Å². The molecule has 4 N–H and O–H groups in total. The normalized spacial score (nSPS) is 16.1. The van der Waals surface area contributed by atoms with Crippen LogP contribution in [-0.2, 0) is 22.4 Å². The van der Waals surface area contributed by atoms with E-state index in [0.29, 0.717) is 12.8 Å². The number of hydrogen-bond acceptors (Lipinski definition) is 3. The molecular formula is C13H16N2O3. The lowest BCUT2D eigenvalue weighted by Crippen LogP contribution is -2.42. The van der Waals surface area contributed by atoms with Crippen molar-refractivity contribution in [3.63, 3.8) is 0 Å². The Hall–Kier alpha value is -1.88. The molecule has 2 amide bonds. The van der Waals surface area contributed by atoms with Gasteiger partial charge < -0.3 is 16.2 Å². The molecule has 1 aliphatic carbocycles. The van der Waals surface area contributed by atoms with Crippen LogP contribution in [-0.4, -0.2) is 29.6 Å². The standard InChI is InChI=1S/C13H16N2O3/c14-12(17)11(16)7-15-13(18)10-5-8-3-1-2-4-9(8)6-10/h1-4,10-11,16H,5-7H2,(H2,14,17)(H,15,18). The third kappa shape index (κ3) is 2.68. The number of benzene rings is 1. The zero-order valence-electron chi connectivity index (χ0n) is 9.93. The van der Waals surface area contributed by atoms with E-state index >= 15 is 0 Å². The van der Waals surface area contributed by atoms with Crippen molar-refractivity contribution in [2.45, 2.75) is 18.9 Å². The van der Waals surface area contributed by atoms with E-state index in [0.717, 1.165) is 0 Å². The number of aliphatic hydroxyl groups excluding tert-OH is 1. The zero-order valence-corrected chi connectivity index (χ0v) is 9.93. The average molecular weight is 248 g/mol. The number of carbonyl (C=O) groups excluding carboxylic acids is 2. The van der Waals surface area contributed by atoms with E-state index in [2.05, 4.69) is 5.32 Å². The van der Waals surface area contributed by atoms with Gasteiger partial charge in [0.25, 0.3) is 0 Å². The summed E-state index contributed by atoms with van der Waals surface area (Å²) in [6, 6.07) is 7.94. The number of primary amides is 1. The molecule has 18 heavy (non-hydrogen) atoms. The molecule has 1 aliphatic rings. The van der Waals surface area contributed by atoms with Crippen LogP contribution in [0.1, 0.15) is 11.1 Å². The lowest BCUT2D eigenvalue weighted by atomic mass is 10.1. The Balaban J connectivity index is 1.88. The Morgan fingerprint density at radius 1 is 1.33 bits per heavy atom. The second kappa shape index (κ2) is 5.18. The van der Waals surface area contributed by atoms with Crippen molar-refractivity contribution >= 4 is 11.8 Å². The molecule has 5 nitrogen and oxygen atoms in total. The second-order valence-electron chi connectivity index (χ2n) is 4.54. The van der Waals surface area contributed by atoms with Crippen LogP contribution in [0.4, 0.5) is 0 Å². The van der Waals surface area contributed by atoms with E-state index in [1.54, 1.807) is 0 Å². The maximum Gasteiger partial charge on any atom is 0.248 e. The highest BCUT2D eigenvalue weighted by Gasteiger charge is 2.27. The van der Waals surface area contributed by atoms with Crippen molar-refractivity contribution < 1.29 is 14.7 Å². The van der Waals surface area contributed by atoms with Crippen molar-refractivity contribution in [3.8, 4) is 0 Å². The van der Waals surface area contributed by atoms with Gasteiger partial charge in [-0.25, -0.2) is 0 Å². The van der Waals surface area contributed by atoms with E-state index in [-0.39, 0.29) is 18.4 Å². The van der Waals surface area contributed by atoms with Gasteiger partial charge in [-0.15, -0.1) is 0 Å². The first-order valence-electron chi connectivity index (χ1n) is 5.90. The Morgan fingerprint density at radius 2 is 1.89 bits per heavy atom. The van der Waals surface area contributed by atoms with Crippen LogP contribution >= 0.6 is 0 Å². The van der Waals surface area contributed by atoms with Gasteiger partial charge in [-0.1, -0.05) is 24.3 Å². The summed E-state index contributed by atoms with van der Waals surface area (Å²) >= 11 is 0. The number of rotatable bonds is 4. The molecule has 1 atom stereocenters. The van der Waals surface area contributed by atoms with Crippen LogP contribution in [0.3, 0.4) is 0 Å². The molecule has 5 heteroatoms. The number of hydrogen-bond donors (Lipinski definition) is 3. The van der Waals surface area contributed by atoms with Gasteiger partial charge in [-0.2, -0.15) is 0 Å². The highest BCUT2D eigenvalue weighted by atomic mass is 16.3. The predicted molar refractivity (Wildman–Crippen MR) is 65.6 cm³/mol. The van der Waals surface area contributed by atoms with Gasteiger partial charge in [0, 0.05) is 5.92 Å². The average Bonchev–Trinajstić information content (AvgIpc) is 2.79. The molecule has 0 aliphatic heterocycles. The molecule has 1 aromatic rings. The maximum atomic E-state index is 11.9. The molecule has 0 radical (unpaired) electrons. The lowest BCUT2D eigenvalue weighted by Gasteiger charge is -2.12. The Morgan fingerprint density at radius 3 is 2.39 bits per heavy atom. The summed E-state index contributed by atoms with van der Waals surface area (Å²) < 4.78 is 0. The van der Waals surface area contributed by atoms with Gasteiger partial charge >= 0.3 is 0 Å². The number of fused-ring (bicyclic) bond motifs is 1. The number of aliphatic hydroxyl groups is 1. The largest absolute Gasteiger partial charge is 0.381 e. The fraction of sp³-hybridized carbons (Fsp3) is 0.385. The van der Waals surface area contributed by atoms with Gasteiger partial charge in [-0.05, 0) is 24.0 Å². The molecule has 0 aromatic heterocycles. The van der Waals surface area contributed by atoms with Gasteiger partial charge in [0.1, 0.15) is 6.10 Å². The number of amides is 2. The minimum absolute atomic E-state index is 0.123. The van der Waals surface area contributed by atoms with E-state index in [9.17, 15) is 14.7 Å². The van der Waals surface area contributed by atoms with Crippen LogP contribution in [0.25, 0.3) is 0 Å². The molecule has 0 saturated heterocycles. The summed E-state index contributed by atoms with van der Waals surface area (Å²) in [6.07, 6.45) is 0.0846. The van der Waals surface area contributed by atoms with Gasteiger partial charge in [0.15, 0.2) is 0 Å². The SMILES string of the molecule is NC(=O)C(O)CNC(=O)C1Cc2ccccc2C1. The van der Waals surface area contributed by atoms with Crippen LogP contribution < -0.4 is 11.1 Å². The van der Waals surface area contributed by atoms with Crippen molar-refractivity contribution in [1.82, 2.24) is 5.32 Å². The summed E-state index contributed by atoms with van der Waals surface area (Å²) in [6.45, 7) is -0.124. The van der Waals surface area contributed by atoms with E-state index in [1.807, 2.05) is 24.3 Å². The van der Waals surface area contributed by atoms with Crippen LogP contribution in [0.2, 0.25) is 0 Å². The van der Waals surface area contributed by atoms with Gasteiger partial charge in [0.2, 0.25) is 11.8 Å². The third-order valence-corrected chi connectivity index (χ3v) is 3.22. The molecule has 0 bridgehead atoms. The molecule has 1 aromatic carbocycles. The third-order valence-electron chi connectivity index (χ3n) is 3.22. The first-order chi connectivity index (χ1) is 8.58. The molecule has 0 spiro atoms. The molecular weight excluding hydrogens is 232 g/mol. The predicted octanol–water partition coefficient (Wildman–Crippen LogP) is -0.636. The Labute approximate surface area is 105 Å². The van der Waals surface area contributed by atoms with Crippen LogP contribution in [0, 0.1) is 5.92 Å². The van der Waals surface area contributed by atoms with E-state index in [4.69, 9.17) is 5.73 Å². The minimum atomic E-state index is -1.32. The minimum Gasteiger partial charge on any atom is -0.381 e.